The highest BCUT2D eigenvalue weighted by atomic mass is 79.9. The molecule has 0 spiro atoms. The third-order valence-corrected chi connectivity index (χ3v) is 5.47. The van der Waals surface area contributed by atoms with Crippen molar-refractivity contribution < 1.29 is 12.8 Å². The number of nitrogens with two attached hydrogens (primary N) is 1. The fraction of sp³-hybridized carbons (Fsp3) is 0.286. The first kappa shape index (κ1) is 16.1. The van der Waals surface area contributed by atoms with Crippen LogP contribution in [0.1, 0.15) is 30.0 Å². The predicted octanol–water partition coefficient (Wildman–Crippen LogP) is 3.28. The lowest BCUT2D eigenvalue weighted by Crippen LogP contribution is -2.27. The van der Waals surface area contributed by atoms with Crippen molar-refractivity contribution in [3.8, 4) is 0 Å². The van der Waals surface area contributed by atoms with Crippen LogP contribution in [0.2, 0.25) is 0 Å². The van der Waals surface area contributed by atoms with Gasteiger partial charge in [-0.3, -0.25) is 0 Å². The van der Waals surface area contributed by atoms with Crippen LogP contribution < -0.4 is 10.5 Å². The van der Waals surface area contributed by atoms with Gasteiger partial charge in [0.15, 0.2) is 0 Å². The molecule has 1 atom stereocenters. The Balaban J connectivity index is 2.32. The molecule has 0 amide bonds. The summed E-state index contributed by atoms with van der Waals surface area (Å²) in [6.07, 6.45) is 0. The van der Waals surface area contributed by atoms with E-state index < -0.39 is 16.1 Å². The first-order chi connectivity index (χ1) is 9.70. The number of nitrogens with one attached hydrogen (secondary N) is 1. The van der Waals surface area contributed by atoms with Gasteiger partial charge in [0, 0.05) is 10.2 Å². The fourth-order valence-electron chi connectivity index (χ4n) is 2.00. The Bertz CT molecular complexity index is 769. The van der Waals surface area contributed by atoms with Crippen LogP contribution >= 0.6 is 15.9 Å². The standard InChI is InChI=1S/C14H17BrN2O3S/c1-8-6-11(15)12(16)7-14(8)21(18,19)17-10(3)13-5-4-9(2)20-13/h4-7,10,17H,16H2,1-3H3. The van der Waals surface area contributed by atoms with Crippen LogP contribution in [0.15, 0.2) is 38.1 Å². The van der Waals surface area contributed by atoms with E-state index in [1.807, 2.05) is 6.92 Å². The second-order valence-corrected chi connectivity index (χ2v) is 7.47. The van der Waals surface area contributed by atoms with E-state index in [0.717, 1.165) is 5.76 Å². The van der Waals surface area contributed by atoms with E-state index in [1.165, 1.54) is 6.07 Å². The molecular formula is C14H17BrN2O3S. The highest BCUT2D eigenvalue weighted by molar-refractivity contribution is 9.10. The van der Waals surface area contributed by atoms with Crippen LogP contribution in [-0.2, 0) is 10.0 Å². The Morgan fingerprint density at radius 2 is 1.95 bits per heavy atom. The van der Waals surface area contributed by atoms with Gasteiger partial charge in [-0.25, -0.2) is 13.1 Å². The third kappa shape index (κ3) is 3.48. The highest BCUT2D eigenvalue weighted by Crippen LogP contribution is 2.27. The first-order valence-electron chi connectivity index (χ1n) is 6.35. The van der Waals surface area contributed by atoms with E-state index >= 15 is 0 Å². The molecule has 0 saturated carbocycles. The van der Waals surface area contributed by atoms with E-state index in [2.05, 4.69) is 20.7 Å². The summed E-state index contributed by atoms with van der Waals surface area (Å²) in [6.45, 7) is 5.26. The Kier molecular flexibility index (Phi) is 4.46. The van der Waals surface area contributed by atoms with Crippen LogP contribution in [0.5, 0.6) is 0 Å². The molecule has 0 aliphatic heterocycles. The van der Waals surface area contributed by atoms with Gasteiger partial charge >= 0.3 is 0 Å². The second kappa shape index (κ2) is 5.82. The summed E-state index contributed by atoms with van der Waals surface area (Å²) >= 11 is 3.28. The van der Waals surface area contributed by atoms with Crippen molar-refractivity contribution in [1.82, 2.24) is 4.72 Å². The molecule has 7 heteroatoms. The molecule has 0 fully saturated rings. The molecule has 2 rings (SSSR count). The van der Waals surface area contributed by atoms with Crippen LogP contribution in [0.4, 0.5) is 5.69 Å². The number of furan rings is 1. The second-order valence-electron chi connectivity index (χ2n) is 4.93. The Morgan fingerprint density at radius 3 is 2.52 bits per heavy atom. The van der Waals surface area contributed by atoms with Crippen molar-refractivity contribution in [2.45, 2.75) is 31.7 Å². The summed E-state index contributed by atoms with van der Waals surface area (Å²) < 4.78 is 33.7. The van der Waals surface area contributed by atoms with Gasteiger partial charge in [-0.15, -0.1) is 0 Å². The summed E-state index contributed by atoms with van der Waals surface area (Å²) in [7, 11) is -3.68. The minimum absolute atomic E-state index is 0.165. The number of nitrogen functional groups attached to an aromatic ring is 1. The van der Waals surface area contributed by atoms with Crippen molar-refractivity contribution in [2.24, 2.45) is 0 Å². The molecule has 0 radical (unpaired) electrons. The maximum absolute atomic E-state index is 12.5. The van der Waals surface area contributed by atoms with E-state index in [9.17, 15) is 8.42 Å². The number of aryl methyl sites for hydroxylation is 2. The maximum Gasteiger partial charge on any atom is 0.241 e. The molecule has 1 aromatic heterocycles. The minimum Gasteiger partial charge on any atom is -0.465 e. The van der Waals surface area contributed by atoms with Gasteiger partial charge in [0.05, 0.1) is 10.9 Å². The number of benzene rings is 1. The Hall–Kier alpha value is -1.31. The number of rotatable bonds is 4. The first-order valence-corrected chi connectivity index (χ1v) is 8.62. The lowest BCUT2D eigenvalue weighted by molar-refractivity contribution is 0.441. The number of halogens is 1. The minimum atomic E-state index is -3.68. The average molecular weight is 373 g/mol. The summed E-state index contributed by atoms with van der Waals surface area (Å²) in [5.41, 5.74) is 6.77. The zero-order valence-corrected chi connectivity index (χ0v) is 14.4. The lowest BCUT2D eigenvalue weighted by atomic mass is 10.2. The van der Waals surface area contributed by atoms with E-state index in [-0.39, 0.29) is 4.90 Å². The molecule has 1 unspecified atom stereocenters. The number of anilines is 1. The van der Waals surface area contributed by atoms with Crippen molar-refractivity contribution in [3.05, 3.63) is 45.8 Å². The van der Waals surface area contributed by atoms with E-state index in [4.69, 9.17) is 10.2 Å². The van der Waals surface area contributed by atoms with Crippen molar-refractivity contribution in [3.63, 3.8) is 0 Å². The molecule has 0 aliphatic rings. The molecule has 2 aromatic rings. The topological polar surface area (TPSA) is 85.3 Å². The molecule has 0 saturated heterocycles. The molecule has 114 valence electrons. The molecule has 1 aromatic carbocycles. The van der Waals surface area contributed by atoms with Crippen LogP contribution in [-0.4, -0.2) is 8.42 Å². The number of hydrogen-bond donors (Lipinski definition) is 2. The van der Waals surface area contributed by atoms with Crippen LogP contribution in [0.3, 0.4) is 0 Å². The quantitative estimate of drug-likeness (QED) is 0.806. The maximum atomic E-state index is 12.5. The average Bonchev–Trinajstić information content (AvgIpc) is 2.80. The van der Waals surface area contributed by atoms with Gasteiger partial charge in [-0.1, -0.05) is 0 Å². The van der Waals surface area contributed by atoms with Gasteiger partial charge in [-0.05, 0) is 66.5 Å². The van der Waals surface area contributed by atoms with Crippen LogP contribution in [0, 0.1) is 13.8 Å². The zero-order chi connectivity index (χ0) is 15.8. The number of hydrogen-bond acceptors (Lipinski definition) is 4. The monoisotopic (exact) mass is 372 g/mol. The van der Waals surface area contributed by atoms with Gasteiger partial charge in [0.2, 0.25) is 10.0 Å². The summed E-state index contributed by atoms with van der Waals surface area (Å²) in [5, 5.41) is 0. The largest absolute Gasteiger partial charge is 0.465 e. The smallest absolute Gasteiger partial charge is 0.241 e. The molecule has 1 heterocycles. The molecule has 0 bridgehead atoms. The van der Waals surface area contributed by atoms with Gasteiger partial charge in [0.1, 0.15) is 11.5 Å². The molecule has 3 N–H and O–H groups in total. The van der Waals surface area contributed by atoms with Gasteiger partial charge < -0.3 is 10.2 Å². The molecular weight excluding hydrogens is 356 g/mol. The predicted molar refractivity (Wildman–Crippen MR) is 85.5 cm³/mol. The summed E-state index contributed by atoms with van der Waals surface area (Å²) in [5.74, 6) is 1.30. The Morgan fingerprint density at radius 1 is 1.29 bits per heavy atom. The SMILES string of the molecule is Cc1ccc(C(C)NS(=O)(=O)c2cc(N)c(Br)cc2C)o1. The van der Waals surface area contributed by atoms with E-state index in [0.29, 0.717) is 21.5 Å². The fourth-order valence-corrected chi connectivity index (χ4v) is 3.93. The third-order valence-electron chi connectivity index (χ3n) is 3.10. The van der Waals surface area contributed by atoms with Crippen molar-refractivity contribution in [2.75, 3.05) is 5.73 Å². The lowest BCUT2D eigenvalue weighted by Gasteiger charge is -2.14. The molecule has 21 heavy (non-hydrogen) atoms. The summed E-state index contributed by atoms with van der Waals surface area (Å²) in [6, 6.07) is 6.22. The van der Waals surface area contributed by atoms with E-state index in [1.54, 1.807) is 32.0 Å². The normalized spacial score (nSPS) is 13.3. The summed E-state index contributed by atoms with van der Waals surface area (Å²) in [4.78, 5) is 0.165. The van der Waals surface area contributed by atoms with Crippen molar-refractivity contribution in [1.29, 1.82) is 0 Å². The van der Waals surface area contributed by atoms with Crippen molar-refractivity contribution >= 4 is 31.6 Å². The zero-order valence-electron chi connectivity index (χ0n) is 12.0. The number of sulfonamides is 1. The van der Waals surface area contributed by atoms with Crippen LogP contribution in [0.25, 0.3) is 0 Å². The molecule has 0 aliphatic carbocycles. The molecule has 5 nitrogen and oxygen atoms in total. The Labute approximate surface area is 132 Å². The highest BCUT2D eigenvalue weighted by Gasteiger charge is 2.22. The van der Waals surface area contributed by atoms with Gasteiger partial charge in [0.25, 0.3) is 0 Å². The van der Waals surface area contributed by atoms with Gasteiger partial charge in [-0.2, -0.15) is 0 Å².